The largest absolute Gasteiger partial charge is 0.481 e. The van der Waals surface area contributed by atoms with E-state index in [-0.39, 0.29) is 6.03 Å². The molecule has 0 saturated carbocycles. The molecule has 0 spiro atoms. The van der Waals surface area contributed by atoms with Gasteiger partial charge in [-0.15, -0.1) is 0 Å². The maximum atomic E-state index is 12.0. The fourth-order valence-electron chi connectivity index (χ4n) is 1.80. The van der Waals surface area contributed by atoms with Crippen LogP contribution in [0.5, 0.6) is 0 Å². The van der Waals surface area contributed by atoms with Crippen molar-refractivity contribution in [3.05, 3.63) is 35.4 Å². The molecule has 2 N–H and O–H groups in total. The molecule has 2 atom stereocenters. The van der Waals surface area contributed by atoms with Crippen LogP contribution in [-0.4, -0.2) is 35.1 Å². The Hall–Kier alpha value is -2.04. The van der Waals surface area contributed by atoms with Gasteiger partial charge in [0.05, 0.1) is 5.92 Å². The summed E-state index contributed by atoms with van der Waals surface area (Å²) in [5.74, 6) is -1.54. The first-order valence-corrected chi connectivity index (χ1v) is 6.61. The normalized spacial score (nSPS) is 13.4. The van der Waals surface area contributed by atoms with Crippen LogP contribution in [0, 0.1) is 12.8 Å². The number of aryl methyl sites for hydroxylation is 1. The van der Waals surface area contributed by atoms with Crippen molar-refractivity contribution in [1.82, 2.24) is 10.2 Å². The Labute approximate surface area is 119 Å². The van der Waals surface area contributed by atoms with E-state index < -0.39 is 17.9 Å². The van der Waals surface area contributed by atoms with Crippen molar-refractivity contribution in [2.75, 3.05) is 7.05 Å². The Balaban J connectivity index is 2.57. The molecule has 0 heterocycles. The minimum atomic E-state index is -0.917. The van der Waals surface area contributed by atoms with Crippen LogP contribution in [0.3, 0.4) is 0 Å². The zero-order valence-corrected chi connectivity index (χ0v) is 12.4. The molecule has 0 aliphatic heterocycles. The highest BCUT2D eigenvalue weighted by molar-refractivity contribution is 5.76. The Kier molecular flexibility index (Phi) is 5.55. The average Bonchev–Trinajstić information content (AvgIpc) is 2.37. The van der Waals surface area contributed by atoms with E-state index in [0.29, 0.717) is 6.54 Å². The summed E-state index contributed by atoms with van der Waals surface area (Å²) in [6.07, 6.45) is 0. The molecule has 2 unspecified atom stereocenters. The van der Waals surface area contributed by atoms with E-state index in [4.69, 9.17) is 5.11 Å². The number of benzene rings is 1. The van der Waals surface area contributed by atoms with E-state index in [1.54, 1.807) is 25.8 Å². The van der Waals surface area contributed by atoms with E-state index in [1.807, 2.05) is 31.2 Å². The lowest BCUT2D eigenvalue weighted by Crippen LogP contribution is -2.45. The van der Waals surface area contributed by atoms with Gasteiger partial charge in [0.2, 0.25) is 0 Å². The van der Waals surface area contributed by atoms with Crippen LogP contribution in [0.15, 0.2) is 24.3 Å². The van der Waals surface area contributed by atoms with Gasteiger partial charge in [0.25, 0.3) is 0 Å². The fraction of sp³-hybridized carbons (Fsp3) is 0.467. The molecule has 2 amide bonds. The molecule has 0 radical (unpaired) electrons. The molecular weight excluding hydrogens is 256 g/mol. The Morgan fingerprint density at radius 3 is 2.55 bits per heavy atom. The van der Waals surface area contributed by atoms with Crippen molar-refractivity contribution in [1.29, 1.82) is 0 Å². The molecule has 0 aliphatic rings. The van der Waals surface area contributed by atoms with Crippen molar-refractivity contribution >= 4 is 12.0 Å². The minimum Gasteiger partial charge on any atom is -0.481 e. The van der Waals surface area contributed by atoms with Crippen molar-refractivity contribution in [2.45, 2.75) is 33.4 Å². The zero-order valence-electron chi connectivity index (χ0n) is 12.4. The lowest BCUT2D eigenvalue weighted by atomic mass is 10.0. The molecule has 5 heteroatoms. The second kappa shape index (κ2) is 6.93. The Morgan fingerprint density at radius 1 is 1.35 bits per heavy atom. The van der Waals surface area contributed by atoms with Crippen molar-refractivity contribution < 1.29 is 14.7 Å². The lowest BCUT2D eigenvalue weighted by molar-refractivity contribution is -0.141. The van der Waals surface area contributed by atoms with Gasteiger partial charge in [0.15, 0.2) is 0 Å². The molecule has 0 saturated heterocycles. The van der Waals surface area contributed by atoms with Crippen LogP contribution in [0.1, 0.15) is 25.0 Å². The summed E-state index contributed by atoms with van der Waals surface area (Å²) in [6.45, 7) is 5.76. The number of hydrogen-bond acceptors (Lipinski definition) is 2. The highest BCUT2D eigenvalue weighted by atomic mass is 16.4. The molecular formula is C15H22N2O3. The van der Waals surface area contributed by atoms with Crippen LogP contribution in [0.25, 0.3) is 0 Å². The van der Waals surface area contributed by atoms with Crippen molar-refractivity contribution in [3.8, 4) is 0 Å². The average molecular weight is 278 g/mol. The first kappa shape index (κ1) is 16.0. The molecule has 5 nitrogen and oxygen atoms in total. The third-order valence-corrected chi connectivity index (χ3v) is 3.34. The van der Waals surface area contributed by atoms with E-state index in [1.165, 1.54) is 0 Å². The third kappa shape index (κ3) is 4.57. The molecule has 20 heavy (non-hydrogen) atoms. The summed E-state index contributed by atoms with van der Waals surface area (Å²) < 4.78 is 0. The van der Waals surface area contributed by atoms with E-state index in [9.17, 15) is 9.59 Å². The Morgan fingerprint density at radius 2 is 2.00 bits per heavy atom. The van der Waals surface area contributed by atoms with Gasteiger partial charge in [-0.05, 0) is 26.3 Å². The third-order valence-electron chi connectivity index (χ3n) is 3.34. The number of carbonyl (C=O) groups is 2. The van der Waals surface area contributed by atoms with Gasteiger partial charge >= 0.3 is 12.0 Å². The number of nitrogens with one attached hydrogen (secondary N) is 1. The number of nitrogens with zero attached hydrogens (tertiary/aromatic N) is 1. The van der Waals surface area contributed by atoms with Gasteiger partial charge in [-0.3, -0.25) is 4.79 Å². The maximum Gasteiger partial charge on any atom is 0.317 e. The van der Waals surface area contributed by atoms with E-state index in [0.717, 1.165) is 11.1 Å². The number of aliphatic carboxylic acids is 1. The molecule has 0 aromatic heterocycles. The lowest BCUT2D eigenvalue weighted by Gasteiger charge is -2.23. The van der Waals surface area contributed by atoms with Crippen molar-refractivity contribution in [3.63, 3.8) is 0 Å². The van der Waals surface area contributed by atoms with E-state index >= 15 is 0 Å². The summed E-state index contributed by atoms with van der Waals surface area (Å²) in [6, 6.07) is 7.24. The molecule has 1 rings (SSSR count). The molecule has 0 fully saturated rings. The van der Waals surface area contributed by atoms with Crippen LogP contribution in [0.2, 0.25) is 0 Å². The summed E-state index contributed by atoms with van der Waals surface area (Å²) in [4.78, 5) is 24.4. The molecule has 1 aromatic carbocycles. The molecule has 1 aromatic rings. The summed E-state index contributed by atoms with van der Waals surface area (Å²) >= 11 is 0. The molecule has 0 aliphatic carbocycles. The molecule has 110 valence electrons. The fourth-order valence-corrected chi connectivity index (χ4v) is 1.80. The number of hydrogen-bond donors (Lipinski definition) is 2. The monoisotopic (exact) mass is 278 g/mol. The van der Waals surface area contributed by atoms with Gasteiger partial charge < -0.3 is 15.3 Å². The number of carboxylic acids is 1. The topological polar surface area (TPSA) is 69.6 Å². The standard InChI is InChI=1S/C15H22N2O3/c1-10-6-5-7-13(8-10)9-17(4)15(20)16-12(3)11(2)14(18)19/h5-8,11-12H,9H2,1-4H3,(H,16,20)(H,18,19). The summed E-state index contributed by atoms with van der Waals surface area (Å²) in [7, 11) is 1.69. The van der Waals surface area contributed by atoms with Gasteiger partial charge in [-0.2, -0.15) is 0 Å². The first-order chi connectivity index (χ1) is 9.31. The van der Waals surface area contributed by atoms with Crippen LogP contribution in [-0.2, 0) is 11.3 Å². The zero-order chi connectivity index (χ0) is 15.3. The van der Waals surface area contributed by atoms with Crippen LogP contribution < -0.4 is 5.32 Å². The quantitative estimate of drug-likeness (QED) is 0.868. The smallest absolute Gasteiger partial charge is 0.317 e. The summed E-state index contributed by atoms with van der Waals surface area (Å²) in [5, 5.41) is 11.6. The molecule has 0 bridgehead atoms. The highest BCUT2D eigenvalue weighted by Gasteiger charge is 2.22. The van der Waals surface area contributed by atoms with Gasteiger partial charge in [0, 0.05) is 19.6 Å². The second-order valence-corrected chi connectivity index (χ2v) is 5.21. The van der Waals surface area contributed by atoms with Crippen molar-refractivity contribution in [2.24, 2.45) is 5.92 Å². The predicted octanol–water partition coefficient (Wildman–Crippen LogP) is 2.25. The number of carbonyl (C=O) groups excluding carboxylic acids is 1. The number of amides is 2. The number of rotatable bonds is 5. The maximum absolute atomic E-state index is 12.0. The number of carboxylic acid groups (broad SMARTS) is 1. The van der Waals surface area contributed by atoms with Gasteiger partial charge in [-0.1, -0.05) is 29.8 Å². The van der Waals surface area contributed by atoms with Gasteiger partial charge in [0.1, 0.15) is 0 Å². The second-order valence-electron chi connectivity index (χ2n) is 5.21. The number of urea groups is 1. The Bertz CT molecular complexity index is 488. The predicted molar refractivity (Wildman–Crippen MR) is 77.4 cm³/mol. The van der Waals surface area contributed by atoms with Crippen LogP contribution in [0.4, 0.5) is 4.79 Å². The first-order valence-electron chi connectivity index (χ1n) is 6.61. The SMILES string of the molecule is Cc1cccc(CN(C)C(=O)NC(C)C(C)C(=O)O)c1. The highest BCUT2D eigenvalue weighted by Crippen LogP contribution is 2.08. The van der Waals surface area contributed by atoms with Crippen LogP contribution >= 0.6 is 0 Å². The minimum absolute atomic E-state index is 0.271. The summed E-state index contributed by atoms with van der Waals surface area (Å²) in [5.41, 5.74) is 2.19. The van der Waals surface area contributed by atoms with Gasteiger partial charge in [-0.25, -0.2) is 4.79 Å². The van der Waals surface area contributed by atoms with E-state index in [2.05, 4.69) is 5.32 Å².